The Morgan fingerprint density at radius 2 is 1.74 bits per heavy atom. The number of nitrogens with one attached hydrogen (secondary N) is 2. The third-order valence-corrected chi connectivity index (χ3v) is 5.25. The van der Waals surface area contributed by atoms with Gasteiger partial charge in [-0.2, -0.15) is 0 Å². The Bertz CT molecular complexity index is 737. The van der Waals surface area contributed by atoms with Crippen LogP contribution in [0.15, 0.2) is 24.3 Å². The van der Waals surface area contributed by atoms with E-state index in [1.54, 1.807) is 18.2 Å². The van der Waals surface area contributed by atoms with E-state index in [2.05, 4.69) is 10.6 Å². The number of carbonyl (C=O) groups is 4. The first-order chi connectivity index (χ1) is 13.0. The Kier molecular flexibility index (Phi) is 5.88. The second kappa shape index (κ2) is 8.33. The molecule has 1 heterocycles. The second-order valence-corrected chi connectivity index (χ2v) is 7.10. The van der Waals surface area contributed by atoms with Gasteiger partial charge >= 0.3 is 0 Å². The molecule has 1 aliphatic carbocycles. The molecule has 2 N–H and O–H groups in total. The first kappa shape index (κ1) is 19.1. The maximum atomic E-state index is 12.4. The van der Waals surface area contributed by atoms with Crippen LogP contribution in [0.25, 0.3) is 0 Å². The van der Waals surface area contributed by atoms with Crippen LogP contribution in [0.1, 0.15) is 48.5 Å². The number of rotatable bonds is 6. The Morgan fingerprint density at radius 1 is 1.07 bits per heavy atom. The van der Waals surface area contributed by atoms with Gasteiger partial charge in [0.25, 0.3) is 5.91 Å². The van der Waals surface area contributed by atoms with Crippen molar-refractivity contribution in [1.82, 2.24) is 15.5 Å². The molecule has 1 saturated heterocycles. The van der Waals surface area contributed by atoms with Crippen molar-refractivity contribution < 1.29 is 19.2 Å². The highest BCUT2D eigenvalue weighted by molar-refractivity contribution is 6.07. The minimum absolute atomic E-state index is 0.165. The van der Waals surface area contributed by atoms with Crippen molar-refractivity contribution in [3.05, 3.63) is 35.4 Å². The van der Waals surface area contributed by atoms with Gasteiger partial charge in [0.15, 0.2) is 0 Å². The van der Waals surface area contributed by atoms with Crippen LogP contribution in [0.3, 0.4) is 0 Å². The highest BCUT2D eigenvalue weighted by Gasteiger charge is 2.48. The van der Waals surface area contributed by atoms with E-state index < -0.39 is 0 Å². The molecular formula is C20H25N3O4. The third kappa shape index (κ3) is 4.18. The number of hydrogen-bond donors (Lipinski definition) is 2. The fourth-order valence-corrected chi connectivity index (χ4v) is 3.87. The number of hydrogen-bond acceptors (Lipinski definition) is 4. The number of nitrogens with zero attached hydrogens (tertiary/aromatic N) is 1. The summed E-state index contributed by atoms with van der Waals surface area (Å²) in [7, 11) is 0. The van der Waals surface area contributed by atoms with Gasteiger partial charge in [-0.15, -0.1) is 0 Å². The van der Waals surface area contributed by atoms with E-state index in [1.807, 2.05) is 13.0 Å². The highest BCUT2D eigenvalue weighted by Crippen LogP contribution is 2.37. The molecule has 0 radical (unpaired) electrons. The Hall–Kier alpha value is -2.70. The van der Waals surface area contributed by atoms with E-state index in [4.69, 9.17) is 0 Å². The first-order valence-corrected chi connectivity index (χ1v) is 9.50. The molecule has 7 nitrogen and oxygen atoms in total. The lowest BCUT2D eigenvalue weighted by molar-refractivity contribution is -0.143. The number of carbonyl (C=O) groups excluding carboxylic acids is 4. The molecule has 1 aliphatic heterocycles. The number of imide groups is 1. The fraction of sp³-hybridized carbons (Fsp3) is 0.500. The standard InChI is InChI=1S/C20H25N3O4/c1-2-21-18(25)14-7-5-6-13(10-14)11-22-17(24)12-23-19(26)15-8-3-4-9-16(15)20(23)27/h5-7,10,15-16H,2-4,8-9,11-12H2,1H3,(H,21,25)(H,22,24). The van der Waals surface area contributed by atoms with Crippen molar-refractivity contribution in [2.75, 3.05) is 13.1 Å². The minimum Gasteiger partial charge on any atom is -0.352 e. The van der Waals surface area contributed by atoms with Gasteiger partial charge in [-0.3, -0.25) is 24.1 Å². The molecule has 0 aromatic heterocycles. The third-order valence-electron chi connectivity index (χ3n) is 5.25. The van der Waals surface area contributed by atoms with Gasteiger partial charge in [0.05, 0.1) is 11.8 Å². The maximum absolute atomic E-state index is 12.4. The van der Waals surface area contributed by atoms with Crippen molar-refractivity contribution in [2.45, 2.75) is 39.2 Å². The van der Waals surface area contributed by atoms with Crippen molar-refractivity contribution in [3.63, 3.8) is 0 Å². The van der Waals surface area contributed by atoms with Gasteiger partial charge in [-0.25, -0.2) is 0 Å². The van der Waals surface area contributed by atoms with Crippen LogP contribution in [-0.2, 0) is 20.9 Å². The summed E-state index contributed by atoms with van der Waals surface area (Å²) in [6.07, 6.45) is 3.39. The van der Waals surface area contributed by atoms with Gasteiger partial charge in [0, 0.05) is 18.7 Å². The van der Waals surface area contributed by atoms with Gasteiger partial charge < -0.3 is 10.6 Å². The lowest BCUT2D eigenvalue weighted by Gasteiger charge is -2.19. The topological polar surface area (TPSA) is 95.6 Å². The molecule has 2 unspecified atom stereocenters. The number of amides is 4. The molecule has 27 heavy (non-hydrogen) atoms. The Morgan fingerprint density at radius 3 is 2.37 bits per heavy atom. The van der Waals surface area contributed by atoms with Crippen molar-refractivity contribution in [3.8, 4) is 0 Å². The summed E-state index contributed by atoms with van der Waals surface area (Å²) >= 11 is 0. The molecule has 7 heteroatoms. The van der Waals surface area contributed by atoms with Crippen LogP contribution in [-0.4, -0.2) is 41.6 Å². The van der Waals surface area contributed by atoms with Crippen LogP contribution in [0, 0.1) is 11.8 Å². The molecule has 2 atom stereocenters. The van der Waals surface area contributed by atoms with Crippen LogP contribution < -0.4 is 10.6 Å². The summed E-state index contributed by atoms with van der Waals surface area (Å²) in [5.74, 6) is -1.45. The summed E-state index contributed by atoms with van der Waals surface area (Å²) < 4.78 is 0. The quantitative estimate of drug-likeness (QED) is 0.735. The summed E-state index contributed by atoms with van der Waals surface area (Å²) in [6, 6.07) is 6.99. The molecule has 3 rings (SSSR count). The number of fused-ring (bicyclic) bond motifs is 1. The second-order valence-electron chi connectivity index (χ2n) is 7.10. The van der Waals surface area contributed by atoms with Crippen LogP contribution in [0.4, 0.5) is 0 Å². The average molecular weight is 371 g/mol. The summed E-state index contributed by atoms with van der Waals surface area (Å²) in [5, 5.41) is 5.46. The van der Waals surface area contributed by atoms with Gasteiger partial charge in [-0.05, 0) is 37.5 Å². The van der Waals surface area contributed by atoms with Crippen LogP contribution >= 0.6 is 0 Å². The van der Waals surface area contributed by atoms with E-state index in [0.717, 1.165) is 36.1 Å². The van der Waals surface area contributed by atoms with Crippen molar-refractivity contribution >= 4 is 23.6 Å². The SMILES string of the molecule is CCNC(=O)c1cccc(CNC(=O)CN2C(=O)C3CCCCC3C2=O)c1. The van der Waals surface area contributed by atoms with E-state index in [0.29, 0.717) is 12.1 Å². The molecule has 144 valence electrons. The zero-order valence-corrected chi connectivity index (χ0v) is 15.5. The normalized spacial score (nSPS) is 21.7. The Balaban J connectivity index is 1.56. The van der Waals surface area contributed by atoms with E-state index in [-0.39, 0.29) is 48.6 Å². The summed E-state index contributed by atoms with van der Waals surface area (Å²) in [5.41, 5.74) is 1.30. The molecule has 1 aromatic carbocycles. The summed E-state index contributed by atoms with van der Waals surface area (Å²) in [4.78, 5) is 50.1. The molecular weight excluding hydrogens is 346 g/mol. The van der Waals surface area contributed by atoms with E-state index in [1.165, 1.54) is 0 Å². The first-order valence-electron chi connectivity index (χ1n) is 9.50. The number of likely N-dealkylation sites (tertiary alicyclic amines) is 1. The van der Waals surface area contributed by atoms with Crippen LogP contribution in [0.2, 0.25) is 0 Å². The molecule has 0 spiro atoms. The molecule has 4 amide bonds. The average Bonchev–Trinajstić information content (AvgIpc) is 2.92. The molecule has 0 bridgehead atoms. The van der Waals surface area contributed by atoms with Crippen molar-refractivity contribution in [1.29, 1.82) is 0 Å². The smallest absolute Gasteiger partial charge is 0.251 e. The Labute approximate surface area is 158 Å². The van der Waals surface area contributed by atoms with Crippen LogP contribution in [0.5, 0.6) is 0 Å². The zero-order valence-electron chi connectivity index (χ0n) is 15.5. The maximum Gasteiger partial charge on any atom is 0.251 e. The molecule has 1 aromatic rings. The molecule has 2 fully saturated rings. The van der Waals surface area contributed by atoms with Gasteiger partial charge in [0.1, 0.15) is 6.54 Å². The zero-order chi connectivity index (χ0) is 19.4. The predicted molar refractivity (Wildman–Crippen MR) is 98.5 cm³/mol. The lowest BCUT2D eigenvalue weighted by atomic mass is 9.81. The van der Waals surface area contributed by atoms with Crippen molar-refractivity contribution in [2.24, 2.45) is 11.8 Å². The molecule has 1 saturated carbocycles. The minimum atomic E-state index is -0.376. The highest BCUT2D eigenvalue weighted by atomic mass is 16.2. The lowest BCUT2D eigenvalue weighted by Crippen LogP contribution is -2.40. The molecule has 2 aliphatic rings. The van der Waals surface area contributed by atoms with Gasteiger partial charge in [-0.1, -0.05) is 25.0 Å². The monoisotopic (exact) mass is 371 g/mol. The number of benzene rings is 1. The fourth-order valence-electron chi connectivity index (χ4n) is 3.87. The summed E-state index contributed by atoms with van der Waals surface area (Å²) in [6.45, 7) is 2.38. The predicted octanol–water partition coefficient (Wildman–Crippen LogP) is 1.23. The largest absolute Gasteiger partial charge is 0.352 e. The van der Waals surface area contributed by atoms with E-state index in [9.17, 15) is 19.2 Å². The van der Waals surface area contributed by atoms with E-state index >= 15 is 0 Å². The van der Waals surface area contributed by atoms with Gasteiger partial charge in [0.2, 0.25) is 17.7 Å².